The molecule has 0 radical (unpaired) electrons. The molecule has 0 saturated carbocycles. The molecule has 1 aliphatic rings. The number of halogens is 1. The fourth-order valence-electron chi connectivity index (χ4n) is 4.78. The summed E-state index contributed by atoms with van der Waals surface area (Å²) in [6.07, 6.45) is 3.41. The van der Waals surface area contributed by atoms with E-state index < -0.39 is 24.0 Å². The number of aryl methyl sites for hydroxylation is 1. The number of rotatable bonds is 6. The van der Waals surface area contributed by atoms with Crippen molar-refractivity contribution in [2.24, 2.45) is 5.92 Å². The Morgan fingerprint density at radius 1 is 1.02 bits per heavy atom. The van der Waals surface area contributed by atoms with E-state index in [9.17, 15) is 14.4 Å². The lowest BCUT2D eigenvalue weighted by atomic mass is 10.0. The van der Waals surface area contributed by atoms with Crippen LogP contribution in [0.2, 0.25) is 5.02 Å². The molecule has 10 nitrogen and oxygen atoms in total. The van der Waals surface area contributed by atoms with Crippen molar-refractivity contribution >= 4 is 45.8 Å². The van der Waals surface area contributed by atoms with E-state index in [0.717, 1.165) is 16.9 Å². The number of nitrogens with one attached hydrogen (secondary N) is 5. The molecular weight excluding hydrogens is 588 g/mol. The van der Waals surface area contributed by atoms with Gasteiger partial charge in [0, 0.05) is 36.2 Å². The average molecular weight is 627 g/mol. The molecule has 0 fully saturated rings. The lowest BCUT2D eigenvalue weighted by Gasteiger charge is -2.27. The van der Waals surface area contributed by atoms with Gasteiger partial charge in [0.25, 0.3) is 0 Å². The second-order valence-electron chi connectivity index (χ2n) is 10.7. The largest absolute Gasteiger partial charge is 0.492 e. The molecule has 0 aliphatic carbocycles. The zero-order valence-electron chi connectivity index (χ0n) is 24.4. The normalized spacial score (nSPS) is 20.9. The second kappa shape index (κ2) is 16.3. The number of nitrogens with zero attached hydrogens (tertiary/aromatic N) is 1. The highest BCUT2D eigenvalue weighted by Crippen LogP contribution is 2.20. The van der Waals surface area contributed by atoms with Gasteiger partial charge in [0.1, 0.15) is 24.4 Å². The SMILES string of the molecule is CC(C)[C@H]1NC(=O)[C@@H](Cc2cccc(Cl)c2)NCCOc2ccccc2CCCNC(=O)[C@H](CNc2nccs2)NC1=O. The Hall–Kier alpha value is -3.67. The molecule has 2 aromatic carbocycles. The molecule has 3 aromatic rings. The summed E-state index contributed by atoms with van der Waals surface area (Å²) in [7, 11) is 0. The summed E-state index contributed by atoms with van der Waals surface area (Å²) >= 11 is 7.61. The number of thiazole rings is 1. The van der Waals surface area contributed by atoms with Crippen LogP contribution < -0.4 is 31.3 Å². The van der Waals surface area contributed by atoms with Gasteiger partial charge in [-0.1, -0.05) is 55.8 Å². The lowest BCUT2D eigenvalue weighted by molar-refractivity contribution is -0.133. The fraction of sp³-hybridized carbons (Fsp3) is 0.419. The zero-order valence-corrected chi connectivity index (χ0v) is 26.0. The number of para-hydroxylation sites is 1. The van der Waals surface area contributed by atoms with E-state index in [1.165, 1.54) is 11.3 Å². The van der Waals surface area contributed by atoms with E-state index >= 15 is 0 Å². The summed E-state index contributed by atoms with van der Waals surface area (Å²) in [6, 6.07) is 12.7. The molecule has 0 spiro atoms. The summed E-state index contributed by atoms with van der Waals surface area (Å²) in [4.78, 5) is 44.7. The second-order valence-corrected chi connectivity index (χ2v) is 12.0. The minimum Gasteiger partial charge on any atom is -0.492 e. The Bertz CT molecular complexity index is 1360. The molecule has 230 valence electrons. The number of aromatic nitrogens is 1. The molecule has 4 rings (SSSR count). The highest BCUT2D eigenvalue weighted by atomic mass is 35.5. The van der Waals surface area contributed by atoms with Gasteiger partial charge in [-0.2, -0.15) is 0 Å². The van der Waals surface area contributed by atoms with Gasteiger partial charge in [0.05, 0.1) is 6.04 Å². The van der Waals surface area contributed by atoms with Crippen molar-refractivity contribution < 1.29 is 19.1 Å². The molecular formula is C31H39ClN6O4S. The molecule has 3 atom stereocenters. The van der Waals surface area contributed by atoms with E-state index in [1.807, 2.05) is 61.7 Å². The quantitative estimate of drug-likeness (QED) is 0.284. The molecule has 1 aliphatic heterocycles. The van der Waals surface area contributed by atoms with Crippen LogP contribution in [-0.4, -0.2) is 67.1 Å². The molecule has 12 heteroatoms. The Morgan fingerprint density at radius 2 is 1.86 bits per heavy atom. The van der Waals surface area contributed by atoms with Crippen molar-refractivity contribution in [3.8, 4) is 5.75 Å². The topological polar surface area (TPSA) is 133 Å². The Kier molecular flexibility index (Phi) is 12.2. The van der Waals surface area contributed by atoms with E-state index in [-0.39, 0.29) is 24.3 Å². The number of hydrogen-bond acceptors (Lipinski definition) is 8. The molecule has 0 bridgehead atoms. The molecule has 43 heavy (non-hydrogen) atoms. The van der Waals surface area contributed by atoms with Crippen molar-refractivity contribution in [2.45, 2.75) is 51.2 Å². The third-order valence-corrected chi connectivity index (χ3v) is 8.03. The first-order chi connectivity index (χ1) is 20.8. The first-order valence-electron chi connectivity index (χ1n) is 14.5. The predicted octanol–water partition coefficient (Wildman–Crippen LogP) is 3.18. The van der Waals surface area contributed by atoms with Crippen molar-refractivity contribution in [1.29, 1.82) is 0 Å². The van der Waals surface area contributed by atoms with E-state index in [4.69, 9.17) is 16.3 Å². The van der Waals surface area contributed by atoms with Crippen molar-refractivity contribution in [2.75, 3.05) is 31.6 Å². The number of carbonyl (C=O) groups excluding carboxylic acids is 3. The number of benzene rings is 2. The van der Waals surface area contributed by atoms with Crippen LogP contribution in [0.25, 0.3) is 0 Å². The van der Waals surface area contributed by atoms with Gasteiger partial charge in [-0.05, 0) is 54.5 Å². The first-order valence-corrected chi connectivity index (χ1v) is 15.8. The molecule has 2 heterocycles. The molecule has 0 unspecified atom stereocenters. The summed E-state index contributed by atoms with van der Waals surface area (Å²) in [5, 5.41) is 18.2. The van der Waals surface area contributed by atoms with Crippen LogP contribution in [-0.2, 0) is 27.2 Å². The Morgan fingerprint density at radius 3 is 2.63 bits per heavy atom. The highest BCUT2D eigenvalue weighted by Gasteiger charge is 2.31. The number of amides is 3. The summed E-state index contributed by atoms with van der Waals surface area (Å²) in [6.45, 7) is 5.02. The number of fused-ring (bicyclic) bond motifs is 1. The van der Waals surface area contributed by atoms with Crippen LogP contribution in [0, 0.1) is 5.92 Å². The van der Waals surface area contributed by atoms with Crippen LogP contribution in [0.5, 0.6) is 5.75 Å². The number of anilines is 1. The van der Waals surface area contributed by atoms with Gasteiger partial charge < -0.3 is 31.3 Å². The van der Waals surface area contributed by atoms with Crippen molar-refractivity contribution in [3.63, 3.8) is 0 Å². The van der Waals surface area contributed by atoms with E-state index in [2.05, 4.69) is 31.6 Å². The third-order valence-electron chi connectivity index (χ3n) is 7.06. The van der Waals surface area contributed by atoms with Crippen LogP contribution in [0.15, 0.2) is 60.1 Å². The Labute approximate surface area is 261 Å². The van der Waals surface area contributed by atoms with Gasteiger partial charge in [-0.3, -0.25) is 14.4 Å². The predicted molar refractivity (Wildman–Crippen MR) is 170 cm³/mol. The molecule has 0 saturated heterocycles. The van der Waals surface area contributed by atoms with Crippen LogP contribution in [0.1, 0.15) is 31.4 Å². The summed E-state index contributed by atoms with van der Waals surface area (Å²) in [5.74, 6) is -0.568. The maximum Gasteiger partial charge on any atom is 0.244 e. The third kappa shape index (κ3) is 9.94. The minimum atomic E-state index is -0.885. The number of hydrogen-bond donors (Lipinski definition) is 5. The van der Waals surface area contributed by atoms with Gasteiger partial charge >= 0.3 is 0 Å². The first kappa shape index (κ1) is 32.2. The Balaban J connectivity index is 1.57. The van der Waals surface area contributed by atoms with Gasteiger partial charge in [0.2, 0.25) is 17.7 Å². The smallest absolute Gasteiger partial charge is 0.244 e. The maximum absolute atomic E-state index is 13.7. The fourth-order valence-corrected chi connectivity index (χ4v) is 5.53. The highest BCUT2D eigenvalue weighted by molar-refractivity contribution is 7.13. The van der Waals surface area contributed by atoms with Gasteiger partial charge in [-0.15, -0.1) is 11.3 Å². The molecule has 1 aromatic heterocycles. The standard InChI is InChI=1S/C31H39ClN6O4S/c1-20(2)27-30(41)37-25(19-36-31-35-14-16-43-31)28(39)34-12-6-9-22-8-3-4-11-26(22)42-15-13-33-24(29(40)38-27)18-21-7-5-10-23(32)17-21/h3-5,7-8,10-11,14,16-17,20,24-25,27,33H,6,9,12-13,15,18-19H2,1-2H3,(H,34,39)(H,35,36)(H,37,41)(H,38,40)/t24-,25+,27-/m1/s1. The maximum atomic E-state index is 13.7. The van der Waals surface area contributed by atoms with Gasteiger partial charge in [-0.25, -0.2) is 4.98 Å². The van der Waals surface area contributed by atoms with Crippen LogP contribution in [0.3, 0.4) is 0 Å². The van der Waals surface area contributed by atoms with Crippen LogP contribution in [0.4, 0.5) is 5.13 Å². The van der Waals surface area contributed by atoms with Crippen molar-refractivity contribution in [1.82, 2.24) is 26.3 Å². The summed E-state index contributed by atoms with van der Waals surface area (Å²) < 4.78 is 6.09. The van der Waals surface area contributed by atoms with Gasteiger partial charge in [0.15, 0.2) is 5.13 Å². The minimum absolute atomic E-state index is 0.138. The van der Waals surface area contributed by atoms with Crippen LogP contribution >= 0.6 is 22.9 Å². The molecule has 5 N–H and O–H groups in total. The van der Waals surface area contributed by atoms with Crippen molar-refractivity contribution in [3.05, 3.63) is 76.3 Å². The lowest BCUT2D eigenvalue weighted by Crippen LogP contribution is -2.59. The molecule has 3 amide bonds. The van der Waals surface area contributed by atoms with E-state index in [0.29, 0.717) is 49.1 Å². The number of carbonyl (C=O) groups is 3. The zero-order chi connectivity index (χ0) is 30.6. The number of ether oxygens (including phenoxy) is 1. The average Bonchev–Trinajstić information content (AvgIpc) is 3.51. The summed E-state index contributed by atoms with van der Waals surface area (Å²) in [5.41, 5.74) is 1.91. The van der Waals surface area contributed by atoms with E-state index in [1.54, 1.807) is 12.3 Å². The monoisotopic (exact) mass is 626 g/mol.